The van der Waals surface area contributed by atoms with Crippen LogP contribution in [-0.4, -0.2) is 42.0 Å². The second-order valence-electron chi connectivity index (χ2n) is 6.20. The molecule has 1 aliphatic heterocycles. The summed E-state index contributed by atoms with van der Waals surface area (Å²) in [5.41, 5.74) is 1.03. The summed E-state index contributed by atoms with van der Waals surface area (Å²) in [5, 5.41) is 3.41. The number of piperidine rings is 1. The van der Waals surface area contributed by atoms with Crippen LogP contribution in [0.4, 0.5) is 10.2 Å². The molecule has 3 rings (SSSR count). The molecule has 0 spiro atoms. The molecule has 132 valence electrons. The lowest BCUT2D eigenvalue weighted by molar-refractivity contribution is 0.0713. The van der Waals surface area contributed by atoms with Crippen LogP contribution < -0.4 is 10.1 Å². The summed E-state index contributed by atoms with van der Waals surface area (Å²) in [7, 11) is 1.39. The highest BCUT2D eigenvalue weighted by Gasteiger charge is 2.26. The number of hydrogen-bond donors (Lipinski definition) is 1. The Bertz CT molecular complexity index is 758. The van der Waals surface area contributed by atoms with Gasteiger partial charge in [0.25, 0.3) is 5.91 Å². The van der Waals surface area contributed by atoms with Gasteiger partial charge in [-0.3, -0.25) is 4.79 Å². The van der Waals surface area contributed by atoms with Crippen molar-refractivity contribution in [1.82, 2.24) is 9.88 Å². The molecule has 1 fully saturated rings. The van der Waals surface area contributed by atoms with Gasteiger partial charge in [0.2, 0.25) is 0 Å². The van der Waals surface area contributed by atoms with Crippen LogP contribution >= 0.6 is 0 Å². The SMILES string of the molecule is COc1cccc(C(=O)N2CCC(Nc3cccc(C)n3)CC2)c1F. The van der Waals surface area contributed by atoms with Gasteiger partial charge >= 0.3 is 0 Å². The van der Waals surface area contributed by atoms with E-state index in [0.717, 1.165) is 24.4 Å². The molecular formula is C19H22FN3O2. The number of carbonyl (C=O) groups is 1. The summed E-state index contributed by atoms with van der Waals surface area (Å²) in [6.45, 7) is 3.12. The fourth-order valence-corrected chi connectivity index (χ4v) is 3.06. The number of carbonyl (C=O) groups excluding carboxylic acids is 1. The number of rotatable bonds is 4. The van der Waals surface area contributed by atoms with Gasteiger partial charge in [-0.2, -0.15) is 0 Å². The van der Waals surface area contributed by atoms with Gasteiger partial charge in [0.05, 0.1) is 12.7 Å². The standard InChI is InChI=1S/C19H22FN3O2/c1-13-5-3-8-17(21-13)22-14-9-11-23(12-10-14)19(24)15-6-4-7-16(25-2)18(15)20/h3-8,14H,9-12H2,1-2H3,(H,21,22). The number of benzene rings is 1. The number of halogens is 1. The summed E-state index contributed by atoms with van der Waals surface area (Å²) in [4.78, 5) is 18.7. The van der Waals surface area contributed by atoms with Crippen LogP contribution in [0.5, 0.6) is 5.75 Å². The Kier molecular flexibility index (Phi) is 5.16. The number of aryl methyl sites for hydroxylation is 1. The third-order valence-corrected chi connectivity index (χ3v) is 4.44. The molecule has 1 aromatic heterocycles. The fourth-order valence-electron chi connectivity index (χ4n) is 3.06. The van der Waals surface area contributed by atoms with Crippen LogP contribution in [-0.2, 0) is 0 Å². The van der Waals surface area contributed by atoms with Crippen molar-refractivity contribution in [2.24, 2.45) is 0 Å². The molecule has 1 aliphatic rings. The van der Waals surface area contributed by atoms with Crippen molar-refractivity contribution in [1.29, 1.82) is 0 Å². The Balaban J connectivity index is 1.61. The van der Waals surface area contributed by atoms with Crippen molar-refractivity contribution in [2.45, 2.75) is 25.8 Å². The third-order valence-electron chi connectivity index (χ3n) is 4.44. The molecule has 5 nitrogen and oxygen atoms in total. The average molecular weight is 343 g/mol. The Hall–Kier alpha value is -2.63. The van der Waals surface area contributed by atoms with Gasteiger partial charge in [-0.15, -0.1) is 0 Å². The first-order valence-corrected chi connectivity index (χ1v) is 8.40. The lowest BCUT2D eigenvalue weighted by Gasteiger charge is -2.32. The lowest BCUT2D eigenvalue weighted by Crippen LogP contribution is -2.42. The van der Waals surface area contributed by atoms with Crippen molar-refractivity contribution >= 4 is 11.7 Å². The molecule has 0 aliphatic carbocycles. The predicted molar refractivity (Wildman–Crippen MR) is 94.5 cm³/mol. The number of hydrogen-bond acceptors (Lipinski definition) is 4. The minimum Gasteiger partial charge on any atom is -0.494 e. The summed E-state index contributed by atoms with van der Waals surface area (Å²) >= 11 is 0. The van der Waals surface area contributed by atoms with Gasteiger partial charge in [0, 0.05) is 24.8 Å². The Morgan fingerprint density at radius 2 is 1.96 bits per heavy atom. The van der Waals surface area contributed by atoms with Gasteiger partial charge in [-0.25, -0.2) is 9.37 Å². The van der Waals surface area contributed by atoms with Crippen LogP contribution in [0.1, 0.15) is 28.9 Å². The number of nitrogens with one attached hydrogen (secondary N) is 1. The minimum atomic E-state index is -0.598. The van der Waals surface area contributed by atoms with Crippen molar-refractivity contribution in [3.8, 4) is 5.75 Å². The molecule has 1 saturated heterocycles. The molecular weight excluding hydrogens is 321 g/mol. The van der Waals surface area contributed by atoms with E-state index in [1.165, 1.54) is 19.2 Å². The summed E-state index contributed by atoms with van der Waals surface area (Å²) < 4.78 is 19.2. The van der Waals surface area contributed by atoms with Crippen LogP contribution in [0, 0.1) is 12.7 Å². The monoisotopic (exact) mass is 343 g/mol. The number of methoxy groups -OCH3 is 1. The smallest absolute Gasteiger partial charge is 0.256 e. The molecule has 0 radical (unpaired) electrons. The number of nitrogens with zero attached hydrogens (tertiary/aromatic N) is 2. The number of ether oxygens (including phenoxy) is 1. The fraction of sp³-hybridized carbons (Fsp3) is 0.368. The van der Waals surface area contributed by atoms with E-state index in [1.54, 1.807) is 11.0 Å². The number of anilines is 1. The van der Waals surface area contributed by atoms with E-state index in [0.29, 0.717) is 13.1 Å². The topological polar surface area (TPSA) is 54.5 Å². The van der Waals surface area contributed by atoms with E-state index in [2.05, 4.69) is 10.3 Å². The average Bonchev–Trinajstić information content (AvgIpc) is 2.62. The zero-order valence-electron chi connectivity index (χ0n) is 14.5. The van der Waals surface area contributed by atoms with Crippen LogP contribution in [0.25, 0.3) is 0 Å². The van der Waals surface area contributed by atoms with Gasteiger partial charge in [0.15, 0.2) is 11.6 Å². The van der Waals surface area contributed by atoms with Gasteiger partial charge in [0.1, 0.15) is 5.82 Å². The van der Waals surface area contributed by atoms with Crippen molar-refractivity contribution in [3.05, 3.63) is 53.5 Å². The summed E-state index contributed by atoms with van der Waals surface area (Å²) in [6, 6.07) is 10.8. The van der Waals surface area contributed by atoms with Crippen LogP contribution in [0.3, 0.4) is 0 Å². The number of pyridine rings is 1. The summed E-state index contributed by atoms with van der Waals surface area (Å²) in [5.74, 6) is 0.0549. The Labute approximate surface area is 146 Å². The molecule has 0 unspecified atom stereocenters. The maximum absolute atomic E-state index is 14.3. The van der Waals surface area contributed by atoms with E-state index in [-0.39, 0.29) is 23.3 Å². The molecule has 6 heteroatoms. The zero-order chi connectivity index (χ0) is 17.8. The Morgan fingerprint density at radius 3 is 2.64 bits per heavy atom. The molecule has 25 heavy (non-hydrogen) atoms. The van der Waals surface area contributed by atoms with Gasteiger partial charge in [-0.1, -0.05) is 12.1 Å². The van der Waals surface area contributed by atoms with Gasteiger partial charge < -0.3 is 15.0 Å². The molecule has 1 amide bonds. The van der Waals surface area contributed by atoms with Crippen molar-refractivity contribution < 1.29 is 13.9 Å². The summed E-state index contributed by atoms with van der Waals surface area (Å²) in [6.07, 6.45) is 1.60. The first-order chi connectivity index (χ1) is 12.1. The van der Waals surface area contributed by atoms with Crippen LogP contribution in [0.2, 0.25) is 0 Å². The molecule has 1 N–H and O–H groups in total. The van der Waals surface area contributed by atoms with E-state index in [4.69, 9.17) is 4.74 Å². The highest BCUT2D eigenvalue weighted by atomic mass is 19.1. The number of likely N-dealkylation sites (tertiary alicyclic amines) is 1. The molecule has 0 bridgehead atoms. The molecule has 2 aromatic rings. The highest BCUT2D eigenvalue weighted by molar-refractivity contribution is 5.95. The van der Waals surface area contributed by atoms with E-state index < -0.39 is 5.82 Å². The first kappa shape index (κ1) is 17.2. The lowest BCUT2D eigenvalue weighted by atomic mass is 10.0. The Morgan fingerprint density at radius 1 is 1.24 bits per heavy atom. The van der Waals surface area contributed by atoms with E-state index >= 15 is 0 Å². The molecule has 1 aromatic carbocycles. The molecule has 0 atom stereocenters. The zero-order valence-corrected chi connectivity index (χ0v) is 14.5. The third kappa shape index (κ3) is 3.90. The van der Waals surface area contributed by atoms with Crippen molar-refractivity contribution in [3.63, 3.8) is 0 Å². The quantitative estimate of drug-likeness (QED) is 0.926. The largest absolute Gasteiger partial charge is 0.494 e. The number of amides is 1. The van der Waals surface area contributed by atoms with E-state index in [1.807, 2.05) is 25.1 Å². The maximum atomic E-state index is 14.3. The predicted octanol–water partition coefficient (Wildman–Crippen LogP) is 3.25. The second-order valence-corrected chi connectivity index (χ2v) is 6.20. The highest BCUT2D eigenvalue weighted by Crippen LogP contribution is 2.23. The van der Waals surface area contributed by atoms with Crippen LogP contribution in [0.15, 0.2) is 36.4 Å². The molecule has 0 saturated carbocycles. The molecule has 2 heterocycles. The minimum absolute atomic E-state index is 0.0612. The number of aromatic nitrogens is 1. The normalized spacial score (nSPS) is 15.1. The first-order valence-electron chi connectivity index (χ1n) is 8.40. The van der Waals surface area contributed by atoms with Crippen molar-refractivity contribution in [2.75, 3.05) is 25.5 Å². The maximum Gasteiger partial charge on any atom is 0.256 e. The van der Waals surface area contributed by atoms with Gasteiger partial charge in [-0.05, 0) is 44.0 Å². The second kappa shape index (κ2) is 7.51. The van der Waals surface area contributed by atoms with E-state index in [9.17, 15) is 9.18 Å².